The minimum Gasteiger partial charge on any atom is -0.479 e. The fourth-order valence-electron chi connectivity index (χ4n) is 1.38. The number of amides is 1. The largest absolute Gasteiger partial charge is 0.479 e. The van der Waals surface area contributed by atoms with Gasteiger partial charge < -0.3 is 4.74 Å². The van der Waals surface area contributed by atoms with Crippen LogP contribution < -0.4 is 0 Å². The Morgan fingerprint density at radius 2 is 1.88 bits per heavy atom. The van der Waals surface area contributed by atoms with Crippen molar-refractivity contribution >= 4 is 5.91 Å². The number of hydrogen-bond acceptors (Lipinski definition) is 2. The molecule has 0 unspecified atom stereocenters. The normalized spacial score (nSPS) is 14.9. The molecule has 0 N–H and O–H groups in total. The maximum Gasteiger partial charge on any atom is 0.416 e. The Morgan fingerprint density at radius 1 is 1.24 bits per heavy atom. The Balaban J connectivity index is 2.18. The summed E-state index contributed by atoms with van der Waals surface area (Å²) < 4.78 is 41.7. The fraction of sp³-hybridized carbons (Fsp3) is 0.182. The molecule has 1 aliphatic heterocycles. The van der Waals surface area contributed by atoms with E-state index in [0.29, 0.717) is 0 Å². The van der Waals surface area contributed by atoms with Crippen LogP contribution in [0.25, 0.3) is 0 Å². The number of carbonyl (C=O) groups is 1. The summed E-state index contributed by atoms with van der Waals surface area (Å²) in [6.07, 6.45) is -1.61. The number of halogens is 3. The van der Waals surface area contributed by atoms with Crippen molar-refractivity contribution in [2.75, 3.05) is 6.73 Å². The molecule has 0 saturated heterocycles. The third-order valence-corrected chi connectivity index (χ3v) is 2.27. The summed E-state index contributed by atoms with van der Waals surface area (Å²) in [5.74, 6) is -0.396. The highest BCUT2D eigenvalue weighted by molar-refractivity contribution is 5.94. The Labute approximate surface area is 95.1 Å². The van der Waals surface area contributed by atoms with Crippen molar-refractivity contribution in [3.63, 3.8) is 0 Å². The minimum atomic E-state index is -4.39. The van der Waals surface area contributed by atoms with E-state index in [0.717, 1.165) is 24.3 Å². The van der Waals surface area contributed by atoms with Crippen molar-refractivity contribution in [2.24, 2.45) is 0 Å². The van der Waals surface area contributed by atoms with Crippen LogP contribution >= 0.6 is 0 Å². The van der Waals surface area contributed by atoms with Gasteiger partial charge in [-0.25, -0.2) is 0 Å². The van der Waals surface area contributed by atoms with Gasteiger partial charge in [0, 0.05) is 11.8 Å². The second-order valence-electron chi connectivity index (χ2n) is 3.43. The quantitative estimate of drug-likeness (QED) is 0.758. The first-order valence-electron chi connectivity index (χ1n) is 4.75. The van der Waals surface area contributed by atoms with E-state index in [9.17, 15) is 18.0 Å². The minimum absolute atomic E-state index is 0.0832. The summed E-state index contributed by atoms with van der Waals surface area (Å²) in [6.45, 7) is 0.0832. The van der Waals surface area contributed by atoms with E-state index in [1.54, 1.807) is 0 Å². The van der Waals surface area contributed by atoms with Gasteiger partial charge in [-0.15, -0.1) is 0 Å². The zero-order valence-electron chi connectivity index (χ0n) is 8.57. The van der Waals surface area contributed by atoms with Crippen LogP contribution in [0.15, 0.2) is 36.7 Å². The zero-order valence-corrected chi connectivity index (χ0v) is 8.57. The van der Waals surface area contributed by atoms with E-state index in [1.807, 2.05) is 0 Å². The fourth-order valence-corrected chi connectivity index (χ4v) is 1.38. The Hall–Kier alpha value is -1.98. The van der Waals surface area contributed by atoms with Crippen molar-refractivity contribution in [2.45, 2.75) is 6.18 Å². The van der Waals surface area contributed by atoms with Gasteiger partial charge in [-0.2, -0.15) is 13.2 Å². The van der Waals surface area contributed by atoms with Gasteiger partial charge in [-0.1, -0.05) is 0 Å². The number of carbonyl (C=O) groups excluding carboxylic acids is 1. The van der Waals surface area contributed by atoms with Gasteiger partial charge in [0.1, 0.15) is 6.26 Å². The molecule has 17 heavy (non-hydrogen) atoms. The number of rotatable bonds is 1. The van der Waals surface area contributed by atoms with Crippen LogP contribution in [-0.4, -0.2) is 17.5 Å². The first-order valence-corrected chi connectivity index (χ1v) is 4.75. The third-order valence-electron chi connectivity index (χ3n) is 2.27. The van der Waals surface area contributed by atoms with Gasteiger partial charge in [0.05, 0.1) is 5.56 Å². The molecule has 1 aliphatic rings. The van der Waals surface area contributed by atoms with E-state index in [1.165, 1.54) is 17.4 Å². The molecule has 0 atom stereocenters. The molecule has 1 aromatic carbocycles. The smallest absolute Gasteiger partial charge is 0.416 e. The van der Waals surface area contributed by atoms with Gasteiger partial charge in [-0.05, 0) is 24.3 Å². The lowest BCUT2D eigenvalue weighted by Gasteiger charge is -2.12. The summed E-state index contributed by atoms with van der Waals surface area (Å²) in [5, 5.41) is 0. The predicted octanol–water partition coefficient (Wildman–Crippen LogP) is 2.61. The van der Waals surface area contributed by atoms with E-state index in [-0.39, 0.29) is 12.3 Å². The molecule has 90 valence electrons. The van der Waals surface area contributed by atoms with E-state index in [4.69, 9.17) is 4.74 Å². The molecular weight excluding hydrogens is 235 g/mol. The summed E-state index contributed by atoms with van der Waals surface area (Å²) in [6, 6.07) is 4.07. The van der Waals surface area contributed by atoms with Crippen molar-refractivity contribution in [1.29, 1.82) is 0 Å². The highest BCUT2D eigenvalue weighted by Gasteiger charge is 2.30. The van der Waals surface area contributed by atoms with Gasteiger partial charge in [0.2, 0.25) is 0 Å². The summed E-state index contributed by atoms with van der Waals surface area (Å²) >= 11 is 0. The van der Waals surface area contributed by atoms with Crippen molar-refractivity contribution in [1.82, 2.24) is 4.90 Å². The zero-order chi connectivity index (χ0) is 12.5. The molecule has 0 aromatic heterocycles. The first-order chi connectivity index (χ1) is 7.98. The van der Waals surface area contributed by atoms with Crippen LogP contribution in [0.3, 0.4) is 0 Å². The second kappa shape index (κ2) is 4.12. The summed E-state index contributed by atoms with van der Waals surface area (Å²) in [7, 11) is 0. The Bertz CT molecular complexity index is 451. The van der Waals surface area contributed by atoms with Crippen LogP contribution in [0.5, 0.6) is 0 Å². The van der Waals surface area contributed by atoms with Gasteiger partial charge in [0.15, 0.2) is 6.73 Å². The average Bonchev–Trinajstić information content (AvgIpc) is 2.80. The number of nitrogens with zero attached hydrogens (tertiary/aromatic N) is 1. The van der Waals surface area contributed by atoms with Crippen molar-refractivity contribution in [3.05, 3.63) is 47.9 Å². The van der Waals surface area contributed by atoms with E-state index < -0.39 is 17.6 Å². The van der Waals surface area contributed by atoms with Crippen LogP contribution in [0.4, 0.5) is 13.2 Å². The molecule has 6 heteroatoms. The monoisotopic (exact) mass is 243 g/mol. The Morgan fingerprint density at radius 3 is 2.35 bits per heavy atom. The molecule has 0 radical (unpaired) electrons. The van der Waals surface area contributed by atoms with Crippen LogP contribution in [-0.2, 0) is 10.9 Å². The van der Waals surface area contributed by atoms with Crippen molar-refractivity contribution in [3.8, 4) is 0 Å². The molecule has 1 amide bonds. The first kappa shape index (κ1) is 11.5. The number of hydrogen-bond donors (Lipinski definition) is 0. The predicted molar refractivity (Wildman–Crippen MR) is 52.7 cm³/mol. The Kier molecular flexibility index (Phi) is 2.79. The lowest BCUT2D eigenvalue weighted by molar-refractivity contribution is -0.137. The molecule has 0 spiro atoms. The van der Waals surface area contributed by atoms with Crippen molar-refractivity contribution < 1.29 is 22.7 Å². The molecule has 1 heterocycles. The molecule has 0 bridgehead atoms. The molecular formula is C11H8F3NO2. The lowest BCUT2D eigenvalue weighted by Crippen LogP contribution is -2.24. The number of alkyl halides is 3. The molecule has 3 nitrogen and oxygen atoms in total. The molecule has 0 fully saturated rings. The SMILES string of the molecule is O=C(c1ccc(C(F)(F)F)cc1)N1C=COC1. The summed E-state index contributed by atoms with van der Waals surface area (Å²) in [5.41, 5.74) is -0.588. The van der Waals surface area contributed by atoms with Crippen LogP contribution in [0.2, 0.25) is 0 Å². The maximum absolute atomic E-state index is 12.3. The highest BCUT2D eigenvalue weighted by Crippen LogP contribution is 2.29. The van der Waals surface area contributed by atoms with E-state index in [2.05, 4.69) is 0 Å². The summed E-state index contributed by atoms with van der Waals surface area (Å²) in [4.78, 5) is 13.0. The van der Waals surface area contributed by atoms with Crippen LogP contribution in [0.1, 0.15) is 15.9 Å². The molecule has 1 aromatic rings. The molecule has 0 aliphatic carbocycles. The third kappa shape index (κ3) is 2.41. The topological polar surface area (TPSA) is 29.5 Å². The standard InChI is InChI=1S/C11H8F3NO2/c12-11(13,14)9-3-1-8(2-4-9)10(16)15-5-6-17-7-15/h1-6H,7H2. The lowest BCUT2D eigenvalue weighted by atomic mass is 10.1. The van der Waals surface area contributed by atoms with Gasteiger partial charge in [0.25, 0.3) is 5.91 Å². The average molecular weight is 243 g/mol. The number of ether oxygens (including phenoxy) is 1. The molecule has 2 rings (SSSR count). The van der Waals surface area contributed by atoms with E-state index >= 15 is 0 Å². The van der Waals surface area contributed by atoms with Gasteiger partial charge in [-0.3, -0.25) is 9.69 Å². The second-order valence-corrected chi connectivity index (χ2v) is 3.43. The maximum atomic E-state index is 12.3. The van der Waals surface area contributed by atoms with Gasteiger partial charge >= 0.3 is 6.18 Å². The van der Waals surface area contributed by atoms with Crippen LogP contribution in [0, 0.1) is 0 Å². The molecule has 0 saturated carbocycles. The highest BCUT2D eigenvalue weighted by atomic mass is 19.4. The number of benzene rings is 1.